The fourth-order valence-electron chi connectivity index (χ4n) is 0.927. The summed E-state index contributed by atoms with van der Waals surface area (Å²) in [5, 5.41) is 9.36. The molecule has 0 saturated heterocycles. The van der Waals surface area contributed by atoms with Gasteiger partial charge in [0.25, 0.3) is 0 Å². The topological polar surface area (TPSA) is 20.2 Å². The lowest BCUT2D eigenvalue weighted by Gasteiger charge is -1.99. The second kappa shape index (κ2) is 11.4. The van der Waals surface area contributed by atoms with Gasteiger partial charge in [0.1, 0.15) is 0 Å². The van der Waals surface area contributed by atoms with Gasteiger partial charge in [-0.3, -0.25) is 0 Å². The summed E-state index contributed by atoms with van der Waals surface area (Å²) < 4.78 is 0. The molecule has 1 unspecified atom stereocenters. The third-order valence-corrected chi connectivity index (χ3v) is 1.67. The van der Waals surface area contributed by atoms with Crippen LogP contribution in [0.15, 0.2) is 36.5 Å². The van der Waals surface area contributed by atoms with E-state index in [1.54, 1.807) is 30.4 Å². The average molecular weight is 214 g/mol. The first-order valence-electron chi connectivity index (χ1n) is 5.44. The molecule has 0 aromatic heterocycles. The minimum absolute atomic E-state index is 0.350. The minimum atomic E-state index is -0.350. The highest BCUT2D eigenvalue weighted by Gasteiger charge is 1.92. The summed E-state index contributed by atoms with van der Waals surface area (Å²) in [4.78, 5) is 0. The van der Waals surface area contributed by atoms with E-state index < -0.39 is 0 Å². The summed E-state index contributed by atoms with van der Waals surface area (Å²) in [7, 11) is 0. The van der Waals surface area contributed by atoms with Crippen molar-refractivity contribution in [2.75, 3.05) is 0 Å². The summed E-state index contributed by atoms with van der Waals surface area (Å²) in [5.74, 6) is 10.9. The molecular formula is C15H18O. The molecule has 0 aromatic carbocycles. The number of aliphatic hydroxyl groups is 1. The highest BCUT2D eigenvalue weighted by molar-refractivity contribution is 5.34. The quantitative estimate of drug-likeness (QED) is 0.563. The molecule has 0 aliphatic carbocycles. The second-order valence-corrected chi connectivity index (χ2v) is 3.14. The summed E-state index contributed by atoms with van der Waals surface area (Å²) in [5.41, 5.74) is 0. The maximum absolute atomic E-state index is 9.36. The van der Waals surface area contributed by atoms with Crippen LogP contribution >= 0.6 is 0 Å². The number of aliphatic hydroxyl groups excluding tert-OH is 1. The normalized spacial score (nSPS) is 12.4. The van der Waals surface area contributed by atoms with Gasteiger partial charge in [0.2, 0.25) is 0 Å². The average Bonchev–Trinajstić information content (AvgIpc) is 2.27. The van der Waals surface area contributed by atoms with Crippen molar-refractivity contribution in [2.45, 2.75) is 32.8 Å². The van der Waals surface area contributed by atoms with Crippen molar-refractivity contribution in [1.82, 2.24) is 0 Å². The first-order chi connectivity index (χ1) is 7.81. The van der Waals surface area contributed by atoms with Crippen molar-refractivity contribution in [3.05, 3.63) is 36.5 Å². The van der Waals surface area contributed by atoms with E-state index in [1.807, 2.05) is 19.9 Å². The van der Waals surface area contributed by atoms with Crippen LogP contribution in [0, 0.1) is 23.7 Å². The highest BCUT2D eigenvalue weighted by atomic mass is 16.3. The summed E-state index contributed by atoms with van der Waals surface area (Å²) in [6.07, 6.45) is 12.1. The van der Waals surface area contributed by atoms with E-state index in [4.69, 9.17) is 0 Å². The van der Waals surface area contributed by atoms with Crippen LogP contribution < -0.4 is 0 Å². The molecule has 16 heavy (non-hydrogen) atoms. The molecule has 0 aromatic rings. The fraction of sp³-hybridized carbons (Fsp3) is 0.333. The molecule has 0 aliphatic rings. The van der Waals surface area contributed by atoms with Crippen molar-refractivity contribution in [3.8, 4) is 23.7 Å². The minimum Gasteiger partial charge on any atom is -0.389 e. The van der Waals surface area contributed by atoms with Crippen LogP contribution in [-0.2, 0) is 0 Å². The maximum atomic E-state index is 9.36. The van der Waals surface area contributed by atoms with Crippen LogP contribution in [0.1, 0.15) is 26.7 Å². The molecule has 0 saturated carbocycles. The van der Waals surface area contributed by atoms with Crippen molar-refractivity contribution in [2.24, 2.45) is 0 Å². The van der Waals surface area contributed by atoms with E-state index >= 15 is 0 Å². The van der Waals surface area contributed by atoms with Crippen LogP contribution in [0.25, 0.3) is 0 Å². The van der Waals surface area contributed by atoms with Gasteiger partial charge in [-0.1, -0.05) is 49.5 Å². The maximum Gasteiger partial charge on any atom is 0.0723 e. The molecule has 0 radical (unpaired) electrons. The fourth-order valence-corrected chi connectivity index (χ4v) is 0.927. The van der Waals surface area contributed by atoms with Crippen LogP contribution in [0.5, 0.6) is 0 Å². The number of allylic oxidation sites excluding steroid dienone is 5. The second-order valence-electron chi connectivity index (χ2n) is 3.14. The summed E-state index contributed by atoms with van der Waals surface area (Å²) in [6.45, 7) is 3.95. The van der Waals surface area contributed by atoms with E-state index in [0.717, 1.165) is 12.8 Å². The van der Waals surface area contributed by atoms with E-state index in [-0.39, 0.29) is 6.10 Å². The Bertz CT molecular complexity index is 364. The zero-order valence-corrected chi connectivity index (χ0v) is 9.90. The SMILES string of the molecule is C/C=C/C#CC#C/C=C/C=C/C(O)CCC. The Morgan fingerprint density at radius 3 is 2.44 bits per heavy atom. The first kappa shape index (κ1) is 14.3. The van der Waals surface area contributed by atoms with Crippen LogP contribution in [0.3, 0.4) is 0 Å². The Morgan fingerprint density at radius 2 is 1.81 bits per heavy atom. The van der Waals surface area contributed by atoms with Gasteiger partial charge in [0.15, 0.2) is 0 Å². The van der Waals surface area contributed by atoms with E-state index in [0.29, 0.717) is 0 Å². The van der Waals surface area contributed by atoms with Crippen molar-refractivity contribution in [3.63, 3.8) is 0 Å². The molecule has 1 heteroatoms. The Hall–Kier alpha value is -1.70. The molecular weight excluding hydrogens is 196 g/mol. The molecule has 0 fully saturated rings. The summed E-state index contributed by atoms with van der Waals surface area (Å²) >= 11 is 0. The van der Waals surface area contributed by atoms with E-state index in [9.17, 15) is 5.11 Å². The molecule has 1 atom stereocenters. The van der Waals surface area contributed by atoms with E-state index in [2.05, 4.69) is 23.7 Å². The lowest BCUT2D eigenvalue weighted by atomic mass is 10.2. The van der Waals surface area contributed by atoms with Gasteiger partial charge in [0.05, 0.1) is 6.10 Å². The van der Waals surface area contributed by atoms with Crippen molar-refractivity contribution >= 4 is 0 Å². The van der Waals surface area contributed by atoms with Crippen LogP contribution in [0.4, 0.5) is 0 Å². The molecule has 0 amide bonds. The molecule has 0 aliphatic heterocycles. The molecule has 0 bridgehead atoms. The Morgan fingerprint density at radius 1 is 1.12 bits per heavy atom. The molecule has 0 heterocycles. The van der Waals surface area contributed by atoms with Gasteiger partial charge < -0.3 is 5.11 Å². The third kappa shape index (κ3) is 10.4. The third-order valence-electron chi connectivity index (χ3n) is 1.67. The molecule has 0 spiro atoms. The Balaban J connectivity index is 3.90. The summed E-state index contributed by atoms with van der Waals surface area (Å²) in [6, 6.07) is 0. The van der Waals surface area contributed by atoms with Gasteiger partial charge in [-0.2, -0.15) is 0 Å². The largest absolute Gasteiger partial charge is 0.389 e. The smallest absolute Gasteiger partial charge is 0.0723 e. The molecule has 0 rings (SSSR count). The predicted octanol–water partition coefficient (Wildman–Crippen LogP) is 2.84. The Labute approximate surface area is 98.6 Å². The van der Waals surface area contributed by atoms with Gasteiger partial charge in [-0.25, -0.2) is 0 Å². The first-order valence-corrected chi connectivity index (χ1v) is 5.44. The van der Waals surface area contributed by atoms with E-state index in [1.165, 1.54) is 0 Å². The van der Waals surface area contributed by atoms with Gasteiger partial charge in [-0.15, -0.1) is 0 Å². The standard InChI is InChI=1S/C15H18O/c1-3-5-6-7-8-9-10-11-12-14-15(16)13-4-2/h3,5,10-12,14-16H,4,13H2,1-2H3/b5-3+,11-10+,14-12+. The monoisotopic (exact) mass is 214 g/mol. The van der Waals surface area contributed by atoms with Crippen LogP contribution in [0.2, 0.25) is 0 Å². The number of hydrogen-bond acceptors (Lipinski definition) is 1. The van der Waals surface area contributed by atoms with Crippen molar-refractivity contribution in [1.29, 1.82) is 0 Å². The molecule has 1 nitrogen and oxygen atoms in total. The highest BCUT2D eigenvalue weighted by Crippen LogP contribution is 1.96. The number of rotatable bonds is 4. The zero-order chi connectivity index (χ0) is 12.1. The van der Waals surface area contributed by atoms with Gasteiger partial charge >= 0.3 is 0 Å². The van der Waals surface area contributed by atoms with Crippen LogP contribution in [-0.4, -0.2) is 11.2 Å². The molecule has 84 valence electrons. The number of hydrogen-bond donors (Lipinski definition) is 1. The van der Waals surface area contributed by atoms with Crippen molar-refractivity contribution < 1.29 is 5.11 Å². The lowest BCUT2D eigenvalue weighted by Crippen LogP contribution is -1.99. The van der Waals surface area contributed by atoms with Gasteiger partial charge in [-0.05, 0) is 37.3 Å². The Kier molecular flexibility index (Phi) is 10.2. The predicted molar refractivity (Wildman–Crippen MR) is 69.6 cm³/mol. The van der Waals surface area contributed by atoms with Gasteiger partial charge in [0, 0.05) is 0 Å². The zero-order valence-electron chi connectivity index (χ0n) is 9.90. The lowest BCUT2D eigenvalue weighted by molar-refractivity contribution is 0.211. The molecule has 1 N–H and O–H groups in total.